The molecule has 1 N–H and O–H groups in total. The lowest BCUT2D eigenvalue weighted by Gasteiger charge is -2.35. The SMILES string of the molecule is Cc1ccc2c(c1)CC(CN1CCNC(CC(C)C)C1)O2. The van der Waals surface area contributed by atoms with Crippen molar-refractivity contribution in [3.05, 3.63) is 29.3 Å². The number of benzene rings is 1. The second kappa shape index (κ2) is 6.37. The minimum absolute atomic E-state index is 0.333. The van der Waals surface area contributed by atoms with Crippen molar-refractivity contribution in [3.8, 4) is 5.75 Å². The minimum Gasteiger partial charge on any atom is -0.488 e. The number of fused-ring (bicyclic) bond motifs is 1. The first-order valence-electron chi connectivity index (χ1n) is 8.32. The summed E-state index contributed by atoms with van der Waals surface area (Å²) in [5, 5.41) is 3.65. The van der Waals surface area contributed by atoms with E-state index in [1.54, 1.807) is 0 Å². The van der Waals surface area contributed by atoms with Crippen LogP contribution in [0.3, 0.4) is 0 Å². The topological polar surface area (TPSA) is 24.5 Å². The first-order chi connectivity index (χ1) is 10.1. The molecule has 0 bridgehead atoms. The Morgan fingerprint density at radius 2 is 2.24 bits per heavy atom. The molecule has 3 rings (SSSR count). The zero-order chi connectivity index (χ0) is 14.8. The summed E-state index contributed by atoms with van der Waals surface area (Å²) in [5.74, 6) is 1.86. The van der Waals surface area contributed by atoms with Crippen LogP contribution in [-0.2, 0) is 6.42 Å². The Morgan fingerprint density at radius 1 is 1.38 bits per heavy atom. The molecule has 0 saturated carbocycles. The van der Waals surface area contributed by atoms with Crippen molar-refractivity contribution >= 4 is 0 Å². The number of nitrogens with one attached hydrogen (secondary N) is 1. The highest BCUT2D eigenvalue weighted by Crippen LogP contribution is 2.30. The molecule has 2 aliphatic heterocycles. The standard InChI is InChI=1S/C18H28N2O/c1-13(2)8-16-11-20(7-6-19-16)12-17-10-15-9-14(3)4-5-18(15)21-17/h4-5,9,13,16-17,19H,6-8,10-12H2,1-3H3. The lowest BCUT2D eigenvalue weighted by Crippen LogP contribution is -2.53. The van der Waals surface area contributed by atoms with Crippen LogP contribution in [0, 0.1) is 12.8 Å². The van der Waals surface area contributed by atoms with Crippen molar-refractivity contribution in [2.45, 2.75) is 45.8 Å². The van der Waals surface area contributed by atoms with Gasteiger partial charge in [-0.25, -0.2) is 0 Å². The molecule has 2 aliphatic rings. The van der Waals surface area contributed by atoms with Gasteiger partial charge in [0, 0.05) is 38.6 Å². The maximum atomic E-state index is 6.12. The Labute approximate surface area is 128 Å². The van der Waals surface area contributed by atoms with Crippen molar-refractivity contribution < 1.29 is 4.74 Å². The summed E-state index contributed by atoms with van der Waals surface area (Å²) in [4.78, 5) is 2.58. The molecule has 1 fully saturated rings. The van der Waals surface area contributed by atoms with Gasteiger partial charge >= 0.3 is 0 Å². The van der Waals surface area contributed by atoms with Gasteiger partial charge in [-0.3, -0.25) is 4.90 Å². The van der Waals surface area contributed by atoms with Crippen molar-refractivity contribution in [1.29, 1.82) is 0 Å². The van der Waals surface area contributed by atoms with Crippen LogP contribution < -0.4 is 10.1 Å². The van der Waals surface area contributed by atoms with Crippen LogP contribution in [0.2, 0.25) is 0 Å². The molecule has 0 spiro atoms. The van der Waals surface area contributed by atoms with Gasteiger partial charge in [0.25, 0.3) is 0 Å². The van der Waals surface area contributed by atoms with Gasteiger partial charge in [-0.2, -0.15) is 0 Å². The molecular formula is C18H28N2O. The number of hydrogen-bond acceptors (Lipinski definition) is 3. The molecule has 0 aromatic heterocycles. The van der Waals surface area contributed by atoms with Crippen molar-refractivity contribution in [2.75, 3.05) is 26.2 Å². The molecule has 0 amide bonds. The third-order valence-electron chi connectivity index (χ3n) is 4.51. The van der Waals surface area contributed by atoms with Gasteiger partial charge in [-0.15, -0.1) is 0 Å². The third-order valence-corrected chi connectivity index (χ3v) is 4.51. The smallest absolute Gasteiger partial charge is 0.123 e. The summed E-state index contributed by atoms with van der Waals surface area (Å²) < 4.78 is 6.12. The summed E-state index contributed by atoms with van der Waals surface area (Å²) >= 11 is 0. The quantitative estimate of drug-likeness (QED) is 0.922. The molecule has 2 heterocycles. The average Bonchev–Trinajstić information content (AvgIpc) is 2.79. The Kier molecular flexibility index (Phi) is 4.51. The molecule has 1 saturated heterocycles. The van der Waals surface area contributed by atoms with Crippen LogP contribution in [0.1, 0.15) is 31.4 Å². The maximum absolute atomic E-state index is 6.12. The van der Waals surface area contributed by atoms with E-state index in [2.05, 4.69) is 49.2 Å². The Bertz CT molecular complexity index is 486. The largest absolute Gasteiger partial charge is 0.488 e. The van der Waals surface area contributed by atoms with E-state index >= 15 is 0 Å². The van der Waals surface area contributed by atoms with Crippen molar-refractivity contribution in [3.63, 3.8) is 0 Å². The van der Waals surface area contributed by atoms with Gasteiger partial charge < -0.3 is 10.1 Å². The third kappa shape index (κ3) is 3.78. The Balaban J connectivity index is 1.53. The molecule has 1 aromatic carbocycles. The fraction of sp³-hybridized carbons (Fsp3) is 0.667. The van der Waals surface area contributed by atoms with E-state index in [4.69, 9.17) is 4.74 Å². The van der Waals surface area contributed by atoms with Crippen molar-refractivity contribution in [2.24, 2.45) is 5.92 Å². The molecule has 0 radical (unpaired) electrons. The Morgan fingerprint density at radius 3 is 3.05 bits per heavy atom. The number of aryl methyl sites for hydroxylation is 1. The predicted molar refractivity (Wildman–Crippen MR) is 87.0 cm³/mol. The summed E-state index contributed by atoms with van der Waals surface area (Å²) in [6.07, 6.45) is 2.66. The lowest BCUT2D eigenvalue weighted by atomic mass is 10.0. The highest BCUT2D eigenvalue weighted by Gasteiger charge is 2.27. The summed E-state index contributed by atoms with van der Waals surface area (Å²) in [7, 11) is 0. The fourth-order valence-electron chi connectivity index (χ4n) is 3.63. The van der Waals surface area contributed by atoms with Crippen LogP contribution in [0.5, 0.6) is 5.75 Å². The highest BCUT2D eigenvalue weighted by molar-refractivity contribution is 5.40. The molecule has 0 aliphatic carbocycles. The number of nitrogens with zero attached hydrogens (tertiary/aromatic N) is 1. The molecule has 3 nitrogen and oxygen atoms in total. The zero-order valence-electron chi connectivity index (χ0n) is 13.6. The van der Waals surface area contributed by atoms with Gasteiger partial charge in [0.1, 0.15) is 11.9 Å². The molecular weight excluding hydrogens is 260 g/mol. The zero-order valence-corrected chi connectivity index (χ0v) is 13.6. The van der Waals surface area contributed by atoms with E-state index in [-0.39, 0.29) is 0 Å². The van der Waals surface area contributed by atoms with Gasteiger partial charge in [-0.05, 0) is 30.9 Å². The van der Waals surface area contributed by atoms with Crippen LogP contribution >= 0.6 is 0 Å². The summed E-state index contributed by atoms with van der Waals surface area (Å²) in [6, 6.07) is 7.19. The van der Waals surface area contributed by atoms with Crippen LogP contribution in [0.4, 0.5) is 0 Å². The average molecular weight is 288 g/mol. The van der Waals surface area contributed by atoms with E-state index in [0.29, 0.717) is 12.1 Å². The lowest BCUT2D eigenvalue weighted by molar-refractivity contribution is 0.119. The van der Waals surface area contributed by atoms with Crippen LogP contribution in [0.15, 0.2) is 18.2 Å². The van der Waals surface area contributed by atoms with E-state index in [0.717, 1.165) is 44.3 Å². The molecule has 2 atom stereocenters. The van der Waals surface area contributed by atoms with Gasteiger partial charge in [0.2, 0.25) is 0 Å². The first-order valence-corrected chi connectivity index (χ1v) is 8.32. The van der Waals surface area contributed by atoms with Crippen LogP contribution in [0.25, 0.3) is 0 Å². The van der Waals surface area contributed by atoms with Gasteiger partial charge in [0.15, 0.2) is 0 Å². The monoisotopic (exact) mass is 288 g/mol. The normalized spacial score (nSPS) is 25.9. The van der Waals surface area contributed by atoms with Crippen LogP contribution in [-0.4, -0.2) is 43.2 Å². The minimum atomic E-state index is 0.333. The van der Waals surface area contributed by atoms with E-state index in [9.17, 15) is 0 Å². The first kappa shape index (κ1) is 14.9. The molecule has 1 aromatic rings. The van der Waals surface area contributed by atoms with Crippen molar-refractivity contribution in [1.82, 2.24) is 10.2 Å². The molecule has 2 unspecified atom stereocenters. The summed E-state index contributed by atoms with van der Waals surface area (Å²) in [6.45, 7) is 11.2. The molecule has 3 heteroatoms. The van der Waals surface area contributed by atoms with E-state index < -0.39 is 0 Å². The molecule has 116 valence electrons. The fourth-order valence-corrected chi connectivity index (χ4v) is 3.63. The number of rotatable bonds is 4. The van der Waals surface area contributed by atoms with E-state index in [1.807, 2.05) is 0 Å². The number of hydrogen-bond donors (Lipinski definition) is 1. The van der Waals surface area contributed by atoms with Gasteiger partial charge in [-0.1, -0.05) is 31.5 Å². The van der Waals surface area contributed by atoms with Gasteiger partial charge in [0.05, 0.1) is 0 Å². The highest BCUT2D eigenvalue weighted by atomic mass is 16.5. The maximum Gasteiger partial charge on any atom is 0.123 e. The number of ether oxygens (including phenoxy) is 1. The van der Waals surface area contributed by atoms with E-state index in [1.165, 1.54) is 17.5 Å². The Hall–Kier alpha value is -1.06. The second-order valence-electron chi connectivity index (χ2n) is 7.10. The second-order valence-corrected chi connectivity index (χ2v) is 7.10. The summed E-state index contributed by atoms with van der Waals surface area (Å²) in [5.41, 5.74) is 2.71. The molecule has 21 heavy (non-hydrogen) atoms. The number of piperazine rings is 1. The predicted octanol–water partition coefficient (Wildman–Crippen LogP) is 2.62.